The SMILES string of the molecule is Cc1c(C)c2c(c(C)c1O)CCC(C)(CN1COCC(=Cc3ccc(O)cc3)SC1=O)O2. The average molecular weight is 456 g/mol. The summed E-state index contributed by atoms with van der Waals surface area (Å²) >= 11 is 1.17. The van der Waals surface area contributed by atoms with Crippen molar-refractivity contribution in [3.05, 3.63) is 57.0 Å². The van der Waals surface area contributed by atoms with Crippen LogP contribution >= 0.6 is 11.8 Å². The predicted octanol–water partition coefficient (Wildman–Crippen LogP) is 5.29. The largest absolute Gasteiger partial charge is 0.508 e. The maximum absolute atomic E-state index is 13.0. The van der Waals surface area contributed by atoms with Gasteiger partial charge in [0.05, 0.1) is 13.2 Å². The first-order valence-electron chi connectivity index (χ1n) is 10.7. The number of benzene rings is 2. The van der Waals surface area contributed by atoms with E-state index >= 15 is 0 Å². The van der Waals surface area contributed by atoms with Gasteiger partial charge < -0.3 is 24.6 Å². The quantitative estimate of drug-likeness (QED) is 0.655. The molecule has 32 heavy (non-hydrogen) atoms. The van der Waals surface area contributed by atoms with Crippen molar-refractivity contribution < 1.29 is 24.5 Å². The summed E-state index contributed by atoms with van der Waals surface area (Å²) in [4.78, 5) is 15.5. The lowest BCUT2D eigenvalue weighted by molar-refractivity contribution is 0.000884. The Bertz CT molecular complexity index is 1080. The highest BCUT2D eigenvalue weighted by atomic mass is 32.2. The van der Waals surface area contributed by atoms with E-state index in [1.54, 1.807) is 29.2 Å². The van der Waals surface area contributed by atoms with Gasteiger partial charge in [-0.05, 0) is 92.8 Å². The summed E-state index contributed by atoms with van der Waals surface area (Å²) in [6.45, 7) is 8.80. The Morgan fingerprint density at radius 1 is 1.12 bits per heavy atom. The van der Waals surface area contributed by atoms with Gasteiger partial charge in [0.15, 0.2) is 0 Å². The highest BCUT2D eigenvalue weighted by Crippen LogP contribution is 2.43. The van der Waals surface area contributed by atoms with Gasteiger partial charge in [-0.15, -0.1) is 0 Å². The second-order valence-corrected chi connectivity index (χ2v) is 9.91. The van der Waals surface area contributed by atoms with Gasteiger partial charge in [0.1, 0.15) is 29.6 Å². The van der Waals surface area contributed by atoms with Crippen molar-refractivity contribution in [2.45, 2.75) is 46.1 Å². The lowest BCUT2D eigenvalue weighted by atomic mass is 9.87. The van der Waals surface area contributed by atoms with Gasteiger partial charge in [0.2, 0.25) is 0 Å². The van der Waals surface area contributed by atoms with Crippen LogP contribution in [0.25, 0.3) is 6.08 Å². The Balaban J connectivity index is 1.50. The third-order valence-electron chi connectivity index (χ3n) is 6.31. The molecule has 6 nitrogen and oxygen atoms in total. The molecule has 0 aromatic heterocycles. The fourth-order valence-electron chi connectivity index (χ4n) is 4.26. The zero-order chi connectivity index (χ0) is 23.0. The first kappa shape index (κ1) is 22.6. The van der Waals surface area contributed by atoms with Crippen molar-refractivity contribution in [2.24, 2.45) is 0 Å². The first-order valence-corrected chi connectivity index (χ1v) is 11.5. The van der Waals surface area contributed by atoms with E-state index < -0.39 is 5.60 Å². The molecule has 2 aliphatic heterocycles. The molecule has 2 N–H and O–H groups in total. The van der Waals surface area contributed by atoms with E-state index in [4.69, 9.17) is 9.47 Å². The number of ether oxygens (including phenoxy) is 2. The molecule has 0 saturated carbocycles. The predicted molar refractivity (Wildman–Crippen MR) is 126 cm³/mol. The molecule has 1 saturated heterocycles. The molecular formula is C25H29NO5S. The first-order chi connectivity index (χ1) is 15.2. The molecule has 1 unspecified atom stereocenters. The van der Waals surface area contributed by atoms with Crippen LogP contribution in [0.3, 0.4) is 0 Å². The molecule has 1 amide bonds. The minimum atomic E-state index is -0.543. The molecule has 7 heteroatoms. The Morgan fingerprint density at radius 3 is 2.56 bits per heavy atom. The van der Waals surface area contributed by atoms with Crippen LogP contribution in [0.15, 0.2) is 29.2 Å². The number of carbonyl (C=O) groups excluding carboxylic acids is 1. The lowest BCUT2D eigenvalue weighted by Crippen LogP contribution is -2.48. The number of phenolic OH excluding ortho intramolecular Hbond substituents is 2. The summed E-state index contributed by atoms with van der Waals surface area (Å²) in [6.07, 6.45) is 3.43. The van der Waals surface area contributed by atoms with Gasteiger partial charge in [-0.2, -0.15) is 0 Å². The fraction of sp³-hybridized carbons (Fsp3) is 0.400. The van der Waals surface area contributed by atoms with Crippen LogP contribution in [-0.2, 0) is 11.2 Å². The van der Waals surface area contributed by atoms with E-state index in [1.165, 1.54) is 11.8 Å². The number of carbonyl (C=O) groups is 1. The number of hydrogen-bond acceptors (Lipinski definition) is 6. The number of hydrogen-bond donors (Lipinski definition) is 2. The third-order valence-corrected chi connectivity index (χ3v) is 7.24. The van der Waals surface area contributed by atoms with Gasteiger partial charge in [-0.3, -0.25) is 4.79 Å². The zero-order valence-corrected chi connectivity index (χ0v) is 19.7. The minimum Gasteiger partial charge on any atom is -0.508 e. The number of phenols is 2. The van der Waals surface area contributed by atoms with E-state index in [-0.39, 0.29) is 17.7 Å². The second-order valence-electron chi connectivity index (χ2n) is 8.83. The number of rotatable bonds is 3. The maximum Gasteiger partial charge on any atom is 0.288 e. The Kier molecular flexibility index (Phi) is 6.14. The molecule has 0 spiro atoms. The summed E-state index contributed by atoms with van der Waals surface area (Å²) < 4.78 is 12.3. The van der Waals surface area contributed by atoms with Crippen molar-refractivity contribution >= 4 is 23.1 Å². The van der Waals surface area contributed by atoms with Gasteiger partial charge >= 0.3 is 0 Å². The Morgan fingerprint density at radius 2 is 1.84 bits per heavy atom. The smallest absolute Gasteiger partial charge is 0.288 e. The molecule has 2 heterocycles. The van der Waals surface area contributed by atoms with E-state index in [2.05, 4.69) is 0 Å². The standard InChI is InChI=1S/C25H29NO5S/c1-15-16(2)23-21(17(3)22(15)28)9-10-25(4,31-23)13-26-14-30-12-20(32-24(26)29)11-18-5-7-19(27)8-6-18/h5-8,11,27-28H,9-10,12-14H2,1-4H3. The van der Waals surface area contributed by atoms with Gasteiger partial charge in [0.25, 0.3) is 5.24 Å². The molecule has 170 valence electrons. The Labute approximate surface area is 192 Å². The molecule has 1 atom stereocenters. The fourth-order valence-corrected chi connectivity index (χ4v) is 5.07. The zero-order valence-electron chi connectivity index (χ0n) is 18.9. The van der Waals surface area contributed by atoms with Crippen molar-refractivity contribution in [2.75, 3.05) is 19.9 Å². The van der Waals surface area contributed by atoms with Gasteiger partial charge in [0, 0.05) is 10.5 Å². The topological polar surface area (TPSA) is 79.2 Å². The minimum absolute atomic E-state index is 0.0714. The maximum atomic E-state index is 13.0. The van der Waals surface area contributed by atoms with Gasteiger partial charge in [-0.1, -0.05) is 12.1 Å². The number of amides is 1. The molecule has 2 aliphatic rings. The normalized spacial score (nSPS) is 22.4. The van der Waals surface area contributed by atoms with Crippen LogP contribution < -0.4 is 4.74 Å². The molecule has 0 radical (unpaired) electrons. The monoisotopic (exact) mass is 455 g/mol. The van der Waals surface area contributed by atoms with E-state index in [9.17, 15) is 15.0 Å². The van der Waals surface area contributed by atoms with Gasteiger partial charge in [-0.25, -0.2) is 0 Å². The van der Waals surface area contributed by atoms with Crippen LogP contribution in [0, 0.1) is 20.8 Å². The summed E-state index contributed by atoms with van der Waals surface area (Å²) in [5, 5.41) is 19.8. The number of fused-ring (bicyclic) bond motifs is 1. The molecule has 4 rings (SSSR count). The van der Waals surface area contributed by atoms with E-state index in [0.29, 0.717) is 18.9 Å². The second kappa shape index (κ2) is 8.71. The summed E-state index contributed by atoms with van der Waals surface area (Å²) in [5.74, 6) is 1.38. The number of aromatic hydroxyl groups is 2. The average Bonchev–Trinajstić information content (AvgIpc) is 2.93. The molecule has 1 fully saturated rings. The van der Waals surface area contributed by atoms with Crippen molar-refractivity contribution in [1.29, 1.82) is 0 Å². The lowest BCUT2D eigenvalue weighted by Gasteiger charge is -2.40. The van der Waals surface area contributed by atoms with Crippen LogP contribution in [-0.4, -0.2) is 45.8 Å². The summed E-state index contributed by atoms with van der Waals surface area (Å²) in [7, 11) is 0. The third kappa shape index (κ3) is 4.45. The number of nitrogens with zero attached hydrogens (tertiary/aromatic N) is 1. The summed E-state index contributed by atoms with van der Waals surface area (Å²) in [5.41, 5.74) is 4.06. The highest BCUT2D eigenvalue weighted by molar-refractivity contribution is 8.17. The molecule has 2 aromatic rings. The van der Waals surface area contributed by atoms with Crippen LogP contribution in [0.2, 0.25) is 0 Å². The van der Waals surface area contributed by atoms with E-state index in [1.807, 2.05) is 33.8 Å². The number of thioether (sulfide) groups is 1. The molecular weight excluding hydrogens is 426 g/mol. The van der Waals surface area contributed by atoms with Crippen LogP contribution in [0.4, 0.5) is 4.79 Å². The van der Waals surface area contributed by atoms with Crippen molar-refractivity contribution in [3.63, 3.8) is 0 Å². The van der Waals surface area contributed by atoms with E-state index in [0.717, 1.165) is 51.3 Å². The molecule has 2 aromatic carbocycles. The van der Waals surface area contributed by atoms with Crippen molar-refractivity contribution in [3.8, 4) is 17.2 Å². The van der Waals surface area contributed by atoms with Crippen LogP contribution in [0.5, 0.6) is 17.2 Å². The van der Waals surface area contributed by atoms with Crippen molar-refractivity contribution in [1.82, 2.24) is 4.90 Å². The molecule has 0 bridgehead atoms. The Hall–Kier alpha value is -2.64. The summed E-state index contributed by atoms with van der Waals surface area (Å²) in [6, 6.07) is 6.84. The van der Waals surface area contributed by atoms with Crippen LogP contribution in [0.1, 0.15) is 41.2 Å². The highest BCUT2D eigenvalue weighted by Gasteiger charge is 2.38. The molecule has 0 aliphatic carbocycles.